The van der Waals surface area contributed by atoms with Crippen molar-refractivity contribution in [1.29, 1.82) is 0 Å². The number of methoxy groups -OCH3 is 1. The highest BCUT2D eigenvalue weighted by atomic mass is 16.5. The van der Waals surface area contributed by atoms with Gasteiger partial charge in [-0.1, -0.05) is 12.1 Å². The molecule has 1 amide bonds. The number of rotatable bonds is 9. The molecule has 6 heteroatoms. The van der Waals surface area contributed by atoms with Crippen LogP contribution in [0.5, 0.6) is 5.75 Å². The molecular weight excluding hydrogens is 364 g/mol. The standard InChI is InChI=1S/C23H32N4O2/c1-26-13-15-27(16-14-26)12-4-11-24-18-19-5-3-6-21(17-19)25-23(28)20-7-9-22(29-2)10-8-20/h3,5-10,17,24H,4,11-16,18H2,1-2H3,(H,25,28). The highest BCUT2D eigenvalue weighted by Crippen LogP contribution is 2.15. The molecule has 1 fully saturated rings. The molecule has 156 valence electrons. The third-order valence-corrected chi connectivity index (χ3v) is 5.29. The molecule has 2 aromatic carbocycles. The van der Waals surface area contributed by atoms with Gasteiger partial charge in [0, 0.05) is 44.0 Å². The first-order valence-electron chi connectivity index (χ1n) is 10.3. The number of ether oxygens (including phenoxy) is 1. The van der Waals surface area contributed by atoms with Crippen molar-refractivity contribution < 1.29 is 9.53 Å². The Morgan fingerprint density at radius 1 is 1.07 bits per heavy atom. The van der Waals surface area contributed by atoms with Crippen LogP contribution in [0.2, 0.25) is 0 Å². The van der Waals surface area contributed by atoms with Gasteiger partial charge in [-0.05, 0) is 68.5 Å². The van der Waals surface area contributed by atoms with Crippen molar-refractivity contribution in [2.45, 2.75) is 13.0 Å². The average Bonchev–Trinajstić information content (AvgIpc) is 2.75. The minimum atomic E-state index is -0.120. The predicted octanol–water partition coefficient (Wildman–Crippen LogP) is 2.67. The van der Waals surface area contributed by atoms with Crippen LogP contribution >= 0.6 is 0 Å². The van der Waals surface area contributed by atoms with Crippen LogP contribution in [0.4, 0.5) is 5.69 Å². The summed E-state index contributed by atoms with van der Waals surface area (Å²) >= 11 is 0. The van der Waals surface area contributed by atoms with Crippen molar-refractivity contribution in [3.8, 4) is 5.75 Å². The fourth-order valence-corrected chi connectivity index (χ4v) is 3.44. The number of nitrogens with one attached hydrogen (secondary N) is 2. The van der Waals surface area contributed by atoms with Crippen LogP contribution in [0.1, 0.15) is 22.3 Å². The van der Waals surface area contributed by atoms with E-state index in [1.54, 1.807) is 31.4 Å². The van der Waals surface area contributed by atoms with Gasteiger partial charge in [-0.25, -0.2) is 0 Å². The van der Waals surface area contributed by atoms with E-state index in [0.29, 0.717) is 5.56 Å². The zero-order chi connectivity index (χ0) is 20.5. The number of piperazine rings is 1. The smallest absolute Gasteiger partial charge is 0.255 e. The van der Waals surface area contributed by atoms with Gasteiger partial charge in [0.2, 0.25) is 0 Å². The Hall–Kier alpha value is -2.41. The van der Waals surface area contributed by atoms with E-state index >= 15 is 0 Å². The Kier molecular flexibility index (Phi) is 8.04. The van der Waals surface area contributed by atoms with E-state index in [9.17, 15) is 4.79 Å². The largest absolute Gasteiger partial charge is 0.497 e. The quantitative estimate of drug-likeness (QED) is 0.639. The number of likely N-dealkylation sites (N-methyl/N-ethyl adjacent to an activating group) is 1. The van der Waals surface area contributed by atoms with Gasteiger partial charge in [-0.15, -0.1) is 0 Å². The summed E-state index contributed by atoms with van der Waals surface area (Å²) < 4.78 is 5.13. The van der Waals surface area contributed by atoms with E-state index in [-0.39, 0.29) is 5.91 Å². The molecule has 29 heavy (non-hydrogen) atoms. The van der Waals surface area contributed by atoms with Crippen LogP contribution in [0.25, 0.3) is 0 Å². The maximum absolute atomic E-state index is 12.4. The Balaban J connectivity index is 1.40. The van der Waals surface area contributed by atoms with Gasteiger partial charge in [0.25, 0.3) is 5.91 Å². The Bertz CT molecular complexity index is 771. The molecular formula is C23H32N4O2. The van der Waals surface area contributed by atoms with E-state index < -0.39 is 0 Å². The SMILES string of the molecule is COc1ccc(C(=O)Nc2cccc(CNCCCN3CCN(C)CC3)c2)cc1. The van der Waals surface area contributed by atoms with Crippen LogP contribution in [0, 0.1) is 0 Å². The molecule has 6 nitrogen and oxygen atoms in total. The van der Waals surface area contributed by atoms with Gasteiger partial charge >= 0.3 is 0 Å². The van der Waals surface area contributed by atoms with Crippen molar-refractivity contribution >= 4 is 11.6 Å². The number of benzene rings is 2. The van der Waals surface area contributed by atoms with Crippen molar-refractivity contribution in [2.24, 2.45) is 0 Å². The van der Waals surface area contributed by atoms with E-state index in [1.807, 2.05) is 18.2 Å². The normalized spacial score (nSPS) is 15.2. The van der Waals surface area contributed by atoms with Crippen LogP contribution in [0.3, 0.4) is 0 Å². The summed E-state index contributed by atoms with van der Waals surface area (Å²) in [5.41, 5.74) is 2.58. The molecule has 1 aliphatic heterocycles. The average molecular weight is 397 g/mol. The van der Waals surface area contributed by atoms with Gasteiger partial charge in [0.1, 0.15) is 5.75 Å². The lowest BCUT2D eigenvalue weighted by atomic mass is 10.1. The zero-order valence-corrected chi connectivity index (χ0v) is 17.5. The van der Waals surface area contributed by atoms with Gasteiger partial charge < -0.3 is 25.2 Å². The lowest BCUT2D eigenvalue weighted by molar-refractivity contribution is 0.102. The lowest BCUT2D eigenvalue weighted by Gasteiger charge is -2.32. The molecule has 0 bridgehead atoms. The third kappa shape index (κ3) is 6.85. The van der Waals surface area contributed by atoms with E-state index in [4.69, 9.17) is 4.74 Å². The third-order valence-electron chi connectivity index (χ3n) is 5.29. The summed E-state index contributed by atoms with van der Waals surface area (Å²) in [6.07, 6.45) is 1.15. The molecule has 0 saturated carbocycles. The number of hydrogen-bond acceptors (Lipinski definition) is 5. The van der Waals surface area contributed by atoms with Gasteiger partial charge in [0.05, 0.1) is 7.11 Å². The van der Waals surface area contributed by atoms with Crippen molar-refractivity contribution in [3.63, 3.8) is 0 Å². The van der Waals surface area contributed by atoms with Gasteiger partial charge in [-0.3, -0.25) is 4.79 Å². The second-order valence-electron chi connectivity index (χ2n) is 7.56. The molecule has 0 unspecified atom stereocenters. The first-order valence-corrected chi connectivity index (χ1v) is 10.3. The molecule has 0 spiro atoms. The van der Waals surface area contributed by atoms with E-state index in [2.05, 4.69) is 33.5 Å². The lowest BCUT2D eigenvalue weighted by Crippen LogP contribution is -2.45. The zero-order valence-electron chi connectivity index (χ0n) is 17.5. The first kappa shape index (κ1) is 21.3. The predicted molar refractivity (Wildman–Crippen MR) is 118 cm³/mol. The monoisotopic (exact) mass is 396 g/mol. The minimum Gasteiger partial charge on any atom is -0.497 e. The minimum absolute atomic E-state index is 0.120. The Morgan fingerprint density at radius 2 is 1.83 bits per heavy atom. The Morgan fingerprint density at radius 3 is 2.55 bits per heavy atom. The molecule has 1 aliphatic rings. The van der Waals surface area contributed by atoms with Crippen LogP contribution < -0.4 is 15.4 Å². The fraction of sp³-hybridized carbons (Fsp3) is 0.435. The first-order chi connectivity index (χ1) is 14.1. The summed E-state index contributed by atoms with van der Waals surface area (Å²) in [6, 6.07) is 15.1. The molecule has 0 atom stereocenters. The highest BCUT2D eigenvalue weighted by Gasteiger charge is 2.12. The van der Waals surface area contributed by atoms with Crippen LogP contribution in [-0.2, 0) is 6.54 Å². The van der Waals surface area contributed by atoms with Crippen LogP contribution in [-0.4, -0.2) is 69.1 Å². The second-order valence-corrected chi connectivity index (χ2v) is 7.56. The summed E-state index contributed by atoms with van der Waals surface area (Å²) in [5.74, 6) is 0.618. The molecule has 1 heterocycles. The summed E-state index contributed by atoms with van der Waals surface area (Å²) in [7, 11) is 3.80. The summed E-state index contributed by atoms with van der Waals surface area (Å²) in [6.45, 7) is 7.63. The molecule has 1 saturated heterocycles. The maximum Gasteiger partial charge on any atom is 0.255 e. The number of nitrogens with zero attached hydrogens (tertiary/aromatic N) is 2. The number of carbonyl (C=O) groups excluding carboxylic acids is 1. The second kappa shape index (κ2) is 11.0. The molecule has 0 aliphatic carbocycles. The topological polar surface area (TPSA) is 56.8 Å². The van der Waals surface area contributed by atoms with Gasteiger partial charge in [0.15, 0.2) is 0 Å². The van der Waals surface area contributed by atoms with Crippen molar-refractivity contribution in [2.75, 3.05) is 58.7 Å². The van der Waals surface area contributed by atoms with Gasteiger partial charge in [-0.2, -0.15) is 0 Å². The fourth-order valence-electron chi connectivity index (χ4n) is 3.44. The number of carbonyl (C=O) groups is 1. The number of hydrogen-bond donors (Lipinski definition) is 2. The van der Waals surface area contributed by atoms with E-state index in [1.165, 1.54) is 26.2 Å². The van der Waals surface area contributed by atoms with Crippen molar-refractivity contribution in [3.05, 3.63) is 59.7 Å². The summed E-state index contributed by atoms with van der Waals surface area (Å²) in [4.78, 5) is 17.3. The summed E-state index contributed by atoms with van der Waals surface area (Å²) in [5, 5.41) is 6.48. The molecule has 0 radical (unpaired) electrons. The molecule has 2 aromatic rings. The molecule has 2 N–H and O–H groups in total. The van der Waals surface area contributed by atoms with E-state index in [0.717, 1.165) is 43.1 Å². The Labute approximate surface area is 173 Å². The van der Waals surface area contributed by atoms with Crippen LogP contribution in [0.15, 0.2) is 48.5 Å². The van der Waals surface area contributed by atoms with Crippen molar-refractivity contribution in [1.82, 2.24) is 15.1 Å². The maximum atomic E-state index is 12.4. The highest BCUT2D eigenvalue weighted by molar-refractivity contribution is 6.04. The number of anilines is 1. The molecule has 3 rings (SSSR count). The number of amides is 1. The molecule has 0 aromatic heterocycles.